The number of morpholine rings is 1. The summed E-state index contributed by atoms with van der Waals surface area (Å²) >= 11 is 1.48. The summed E-state index contributed by atoms with van der Waals surface area (Å²) in [6, 6.07) is 1.60. The summed E-state index contributed by atoms with van der Waals surface area (Å²) in [6.07, 6.45) is 1.77. The van der Waals surface area contributed by atoms with Crippen LogP contribution in [0.5, 0.6) is 0 Å². The Hall–Kier alpha value is -0.960. The summed E-state index contributed by atoms with van der Waals surface area (Å²) < 4.78 is 30.7. The highest BCUT2D eigenvalue weighted by molar-refractivity contribution is 7.88. The van der Waals surface area contributed by atoms with Gasteiger partial charge in [0.15, 0.2) is 0 Å². The van der Waals surface area contributed by atoms with Gasteiger partial charge >= 0.3 is 0 Å². The molecule has 1 aromatic heterocycles. The average Bonchev–Trinajstić information content (AvgIpc) is 2.98. The van der Waals surface area contributed by atoms with Crippen LogP contribution in [0.15, 0.2) is 16.8 Å². The Balaban J connectivity index is 1.82. The van der Waals surface area contributed by atoms with Crippen LogP contribution in [-0.2, 0) is 14.8 Å². The lowest BCUT2D eigenvalue weighted by Crippen LogP contribution is -2.61. The van der Waals surface area contributed by atoms with E-state index < -0.39 is 10.0 Å². The first-order valence-corrected chi connectivity index (χ1v) is 9.66. The first-order chi connectivity index (χ1) is 9.97. The van der Waals surface area contributed by atoms with E-state index in [2.05, 4.69) is 0 Å². The van der Waals surface area contributed by atoms with E-state index in [1.807, 2.05) is 10.8 Å². The van der Waals surface area contributed by atoms with Crippen LogP contribution < -0.4 is 0 Å². The molecule has 3 rings (SSSR count). The van der Waals surface area contributed by atoms with E-state index in [0.29, 0.717) is 38.2 Å². The van der Waals surface area contributed by atoms with Gasteiger partial charge in [-0.15, -0.1) is 0 Å². The lowest BCUT2D eigenvalue weighted by Gasteiger charge is -2.46. The van der Waals surface area contributed by atoms with Crippen LogP contribution in [0.1, 0.15) is 16.8 Å². The molecule has 0 radical (unpaired) electrons. The Bertz CT molecular complexity index is 614. The van der Waals surface area contributed by atoms with Gasteiger partial charge in [0.25, 0.3) is 5.91 Å². The van der Waals surface area contributed by atoms with Crippen LogP contribution in [0.4, 0.5) is 0 Å². The van der Waals surface area contributed by atoms with Gasteiger partial charge < -0.3 is 9.64 Å². The second-order valence-electron chi connectivity index (χ2n) is 5.40. The van der Waals surface area contributed by atoms with Gasteiger partial charge in [-0.2, -0.15) is 15.6 Å². The normalized spacial score (nSPS) is 27.4. The van der Waals surface area contributed by atoms with Crippen molar-refractivity contribution in [1.82, 2.24) is 9.21 Å². The van der Waals surface area contributed by atoms with E-state index in [9.17, 15) is 13.2 Å². The number of amides is 1. The molecule has 2 saturated heterocycles. The first-order valence-electron chi connectivity index (χ1n) is 6.87. The van der Waals surface area contributed by atoms with E-state index in [1.165, 1.54) is 21.9 Å². The zero-order valence-electron chi connectivity index (χ0n) is 11.8. The molecule has 0 bridgehead atoms. The zero-order valence-corrected chi connectivity index (χ0v) is 13.4. The Morgan fingerprint density at radius 2 is 2.24 bits per heavy atom. The molecule has 8 heteroatoms. The fraction of sp³-hybridized carbons (Fsp3) is 0.615. The maximum atomic E-state index is 12.6. The van der Waals surface area contributed by atoms with Crippen molar-refractivity contribution in [2.75, 3.05) is 32.5 Å². The van der Waals surface area contributed by atoms with Crippen LogP contribution in [-0.4, -0.2) is 68.2 Å². The van der Waals surface area contributed by atoms with Crippen molar-refractivity contribution in [2.45, 2.75) is 18.6 Å². The Morgan fingerprint density at radius 1 is 1.43 bits per heavy atom. The van der Waals surface area contributed by atoms with E-state index in [1.54, 1.807) is 11.0 Å². The third kappa shape index (κ3) is 2.98. The number of piperidine rings is 1. The van der Waals surface area contributed by atoms with Crippen LogP contribution in [0.25, 0.3) is 0 Å². The van der Waals surface area contributed by atoms with Crippen molar-refractivity contribution >= 4 is 27.3 Å². The third-order valence-electron chi connectivity index (χ3n) is 4.05. The number of hydrogen-bond donors (Lipinski definition) is 0. The van der Waals surface area contributed by atoms with E-state index in [0.717, 1.165) is 0 Å². The van der Waals surface area contributed by atoms with E-state index >= 15 is 0 Å². The minimum atomic E-state index is -3.24. The number of fused-ring (bicyclic) bond motifs is 1. The Labute approximate surface area is 128 Å². The molecule has 2 fully saturated rings. The van der Waals surface area contributed by atoms with Gasteiger partial charge in [0.1, 0.15) is 0 Å². The van der Waals surface area contributed by atoms with Crippen molar-refractivity contribution in [2.24, 2.45) is 0 Å². The van der Waals surface area contributed by atoms with Crippen molar-refractivity contribution in [3.8, 4) is 0 Å². The quantitative estimate of drug-likeness (QED) is 0.797. The molecule has 2 aliphatic heterocycles. The fourth-order valence-electron chi connectivity index (χ4n) is 2.95. The molecule has 2 aliphatic rings. The van der Waals surface area contributed by atoms with Gasteiger partial charge in [-0.25, -0.2) is 8.42 Å². The molecular formula is C13H18N2O4S2. The number of carbonyl (C=O) groups excluding carboxylic acids is 1. The van der Waals surface area contributed by atoms with Gasteiger partial charge in [-0.3, -0.25) is 4.79 Å². The number of rotatable bonds is 2. The molecule has 0 aliphatic carbocycles. The van der Waals surface area contributed by atoms with Crippen molar-refractivity contribution in [3.63, 3.8) is 0 Å². The molecule has 0 saturated carbocycles. The number of nitrogens with zero attached hydrogens (tertiary/aromatic N) is 2. The molecule has 0 aromatic carbocycles. The monoisotopic (exact) mass is 330 g/mol. The molecule has 1 amide bonds. The van der Waals surface area contributed by atoms with Crippen LogP contribution in [0, 0.1) is 0 Å². The maximum absolute atomic E-state index is 12.6. The summed E-state index contributed by atoms with van der Waals surface area (Å²) in [5, 5.41) is 3.69. The van der Waals surface area contributed by atoms with Crippen molar-refractivity contribution in [3.05, 3.63) is 22.4 Å². The van der Waals surface area contributed by atoms with Crippen LogP contribution in [0.2, 0.25) is 0 Å². The van der Waals surface area contributed by atoms with E-state index in [4.69, 9.17) is 4.74 Å². The average molecular weight is 330 g/mol. The lowest BCUT2D eigenvalue weighted by atomic mass is 9.99. The standard InChI is InChI=1S/C13H18N2O4S2/c1-21(17,18)14-4-2-12-11(8-14)15(5-6-19-12)13(16)10-3-7-20-9-10/h3,7,9,11-12H,2,4-6,8H2,1H3/t11-,12-/m1/s1. The predicted molar refractivity (Wildman–Crippen MR) is 79.9 cm³/mol. The highest BCUT2D eigenvalue weighted by Gasteiger charge is 2.41. The minimum Gasteiger partial charge on any atom is -0.374 e. The zero-order chi connectivity index (χ0) is 15.0. The summed E-state index contributed by atoms with van der Waals surface area (Å²) in [7, 11) is -3.24. The maximum Gasteiger partial charge on any atom is 0.255 e. The lowest BCUT2D eigenvalue weighted by molar-refractivity contribution is -0.0802. The Kier molecular flexibility index (Phi) is 4.04. The molecule has 2 atom stereocenters. The molecule has 1 aromatic rings. The SMILES string of the molecule is CS(=O)(=O)N1CC[C@H]2OCCN(C(=O)c3ccsc3)[C@@H]2C1. The Morgan fingerprint density at radius 3 is 2.90 bits per heavy atom. The van der Waals surface area contributed by atoms with Gasteiger partial charge in [-0.05, 0) is 17.9 Å². The summed E-state index contributed by atoms with van der Waals surface area (Å²) in [6.45, 7) is 1.79. The van der Waals surface area contributed by atoms with Gasteiger partial charge in [0.05, 0.1) is 30.6 Å². The highest BCUT2D eigenvalue weighted by atomic mass is 32.2. The molecule has 3 heterocycles. The van der Waals surface area contributed by atoms with E-state index in [-0.39, 0.29) is 18.1 Å². The van der Waals surface area contributed by atoms with Crippen molar-refractivity contribution in [1.29, 1.82) is 0 Å². The minimum absolute atomic E-state index is 0.0371. The molecule has 0 N–H and O–H groups in total. The number of carbonyl (C=O) groups is 1. The molecule has 21 heavy (non-hydrogen) atoms. The third-order valence-corrected chi connectivity index (χ3v) is 6.00. The smallest absolute Gasteiger partial charge is 0.255 e. The molecule has 0 unspecified atom stereocenters. The molecular weight excluding hydrogens is 312 g/mol. The summed E-state index contributed by atoms with van der Waals surface area (Å²) in [5.74, 6) is -0.0371. The number of ether oxygens (including phenoxy) is 1. The second kappa shape index (κ2) is 5.68. The first kappa shape index (κ1) is 15.0. The summed E-state index contributed by atoms with van der Waals surface area (Å²) in [4.78, 5) is 14.4. The van der Waals surface area contributed by atoms with Gasteiger partial charge in [0.2, 0.25) is 10.0 Å². The van der Waals surface area contributed by atoms with Gasteiger partial charge in [0, 0.05) is 25.0 Å². The fourth-order valence-corrected chi connectivity index (χ4v) is 4.44. The predicted octanol–water partition coefficient (Wildman–Crippen LogP) is 0.623. The van der Waals surface area contributed by atoms with Crippen molar-refractivity contribution < 1.29 is 17.9 Å². The highest BCUT2D eigenvalue weighted by Crippen LogP contribution is 2.26. The number of thiophene rings is 1. The summed E-state index contributed by atoms with van der Waals surface area (Å²) in [5.41, 5.74) is 0.664. The number of sulfonamides is 1. The van der Waals surface area contributed by atoms with Crippen LogP contribution in [0.3, 0.4) is 0 Å². The molecule has 116 valence electrons. The topological polar surface area (TPSA) is 66.9 Å². The van der Waals surface area contributed by atoms with Crippen LogP contribution >= 0.6 is 11.3 Å². The second-order valence-corrected chi connectivity index (χ2v) is 8.16. The molecule has 0 spiro atoms. The molecule has 6 nitrogen and oxygen atoms in total. The number of hydrogen-bond acceptors (Lipinski definition) is 5. The largest absolute Gasteiger partial charge is 0.374 e. The van der Waals surface area contributed by atoms with Gasteiger partial charge in [-0.1, -0.05) is 0 Å².